The Morgan fingerprint density at radius 2 is 1.58 bits per heavy atom. The van der Waals surface area contributed by atoms with Gasteiger partial charge in [0.1, 0.15) is 6.54 Å². The van der Waals surface area contributed by atoms with Crippen molar-refractivity contribution in [1.29, 1.82) is 0 Å². The molecule has 0 radical (unpaired) electrons. The molecule has 0 aliphatic carbocycles. The zero-order valence-corrected chi connectivity index (χ0v) is 21.2. The van der Waals surface area contributed by atoms with Crippen molar-refractivity contribution in [2.24, 2.45) is 0 Å². The van der Waals surface area contributed by atoms with Crippen LogP contribution >= 0.6 is 0 Å². The van der Waals surface area contributed by atoms with Crippen LogP contribution in [0.3, 0.4) is 0 Å². The van der Waals surface area contributed by atoms with E-state index in [1.54, 1.807) is 30.3 Å². The SMILES string of the molecule is CC(C)(C)c1ccc(C(=O)c2cccc(NC(=O)CN(c3cccc([N+](=O)[O-])c3)S(C)(=O)=O)c2)cc1. The second-order valence-electron chi connectivity index (χ2n) is 9.33. The molecular weight excluding hydrogens is 482 g/mol. The number of nitrogens with zero attached hydrogens (tertiary/aromatic N) is 2. The molecule has 3 aromatic carbocycles. The third kappa shape index (κ3) is 6.54. The van der Waals surface area contributed by atoms with Crippen LogP contribution in [0.5, 0.6) is 0 Å². The molecule has 0 saturated heterocycles. The maximum Gasteiger partial charge on any atom is 0.271 e. The Labute approximate surface area is 210 Å². The lowest BCUT2D eigenvalue weighted by Crippen LogP contribution is -2.37. The molecule has 0 aromatic heterocycles. The summed E-state index contributed by atoms with van der Waals surface area (Å²) in [4.78, 5) is 36.1. The molecule has 0 saturated carbocycles. The number of rotatable bonds is 8. The van der Waals surface area contributed by atoms with Crippen molar-refractivity contribution in [1.82, 2.24) is 0 Å². The van der Waals surface area contributed by atoms with Crippen molar-refractivity contribution in [3.8, 4) is 0 Å². The van der Waals surface area contributed by atoms with Gasteiger partial charge in [-0.2, -0.15) is 0 Å². The summed E-state index contributed by atoms with van der Waals surface area (Å²) in [6.07, 6.45) is 0.906. The van der Waals surface area contributed by atoms with Crippen molar-refractivity contribution < 1.29 is 22.9 Å². The highest BCUT2D eigenvalue weighted by atomic mass is 32.2. The van der Waals surface area contributed by atoms with E-state index < -0.39 is 27.4 Å². The standard InChI is InChI=1S/C26H27N3O6S/c1-26(2,3)20-13-11-18(12-14-20)25(31)19-7-5-8-21(15-19)27-24(30)17-28(36(4,34)35)22-9-6-10-23(16-22)29(32)33/h5-16H,17H2,1-4H3,(H,27,30). The van der Waals surface area contributed by atoms with Crippen LogP contribution in [-0.4, -0.2) is 37.8 Å². The monoisotopic (exact) mass is 509 g/mol. The van der Waals surface area contributed by atoms with Gasteiger partial charge in [0.2, 0.25) is 15.9 Å². The Balaban J connectivity index is 1.78. The zero-order chi connectivity index (χ0) is 26.7. The third-order valence-corrected chi connectivity index (χ3v) is 6.58. The van der Waals surface area contributed by atoms with E-state index in [-0.39, 0.29) is 22.6 Å². The van der Waals surface area contributed by atoms with Crippen LogP contribution in [0.4, 0.5) is 17.1 Å². The van der Waals surface area contributed by atoms with Gasteiger partial charge in [-0.25, -0.2) is 8.42 Å². The smallest absolute Gasteiger partial charge is 0.271 e. The molecule has 0 aliphatic rings. The van der Waals surface area contributed by atoms with Crippen LogP contribution < -0.4 is 9.62 Å². The summed E-state index contributed by atoms with van der Waals surface area (Å²) in [6, 6.07) is 18.7. The summed E-state index contributed by atoms with van der Waals surface area (Å²) in [7, 11) is -3.92. The number of hydrogen-bond donors (Lipinski definition) is 1. The van der Waals surface area contributed by atoms with Gasteiger partial charge in [0.15, 0.2) is 5.78 Å². The molecule has 9 nitrogen and oxygen atoms in total. The number of anilines is 2. The lowest BCUT2D eigenvalue weighted by molar-refractivity contribution is -0.384. The highest BCUT2D eigenvalue weighted by Crippen LogP contribution is 2.25. The molecule has 10 heteroatoms. The first kappa shape index (κ1) is 26.6. The van der Waals surface area contributed by atoms with Crippen LogP contribution in [0, 0.1) is 10.1 Å². The van der Waals surface area contributed by atoms with E-state index in [1.807, 2.05) is 12.1 Å². The number of benzene rings is 3. The summed E-state index contributed by atoms with van der Waals surface area (Å²) < 4.78 is 25.4. The second kappa shape index (κ2) is 10.3. The Morgan fingerprint density at radius 1 is 0.944 bits per heavy atom. The average Bonchev–Trinajstić information content (AvgIpc) is 2.81. The average molecular weight is 510 g/mol. The van der Waals surface area contributed by atoms with E-state index in [4.69, 9.17) is 0 Å². The first-order valence-corrected chi connectivity index (χ1v) is 12.9. The van der Waals surface area contributed by atoms with E-state index in [9.17, 15) is 28.1 Å². The fraction of sp³-hybridized carbons (Fsp3) is 0.231. The van der Waals surface area contributed by atoms with Crippen LogP contribution in [0.2, 0.25) is 0 Å². The maximum absolute atomic E-state index is 13.0. The van der Waals surface area contributed by atoms with Gasteiger partial charge in [0.25, 0.3) is 5.69 Å². The molecule has 1 N–H and O–H groups in total. The van der Waals surface area contributed by atoms with Crippen LogP contribution in [-0.2, 0) is 20.2 Å². The topological polar surface area (TPSA) is 127 Å². The number of non-ortho nitro benzene ring substituents is 1. The molecule has 0 unspecified atom stereocenters. The molecule has 0 heterocycles. The number of nitro groups is 1. The number of ketones is 1. The van der Waals surface area contributed by atoms with Gasteiger partial charge in [0, 0.05) is 28.9 Å². The summed E-state index contributed by atoms with van der Waals surface area (Å²) in [5, 5.41) is 13.7. The quantitative estimate of drug-likeness (QED) is 0.270. The molecule has 0 bridgehead atoms. The van der Waals surface area contributed by atoms with Gasteiger partial charge in [-0.05, 0) is 29.2 Å². The molecule has 1 amide bonds. The number of amides is 1. The number of sulfonamides is 1. The van der Waals surface area contributed by atoms with Gasteiger partial charge in [-0.1, -0.05) is 63.2 Å². The third-order valence-electron chi connectivity index (χ3n) is 5.44. The molecule has 0 atom stereocenters. The van der Waals surface area contributed by atoms with Gasteiger partial charge in [-0.3, -0.25) is 24.0 Å². The van der Waals surface area contributed by atoms with Crippen LogP contribution in [0.15, 0.2) is 72.8 Å². The van der Waals surface area contributed by atoms with Crippen molar-refractivity contribution in [3.05, 3.63) is 99.6 Å². The number of carbonyl (C=O) groups excluding carboxylic acids is 2. The molecule has 0 fully saturated rings. The van der Waals surface area contributed by atoms with Crippen molar-refractivity contribution in [2.45, 2.75) is 26.2 Å². The summed E-state index contributed by atoms with van der Waals surface area (Å²) in [5.41, 5.74) is 1.91. The van der Waals surface area contributed by atoms with Gasteiger partial charge in [-0.15, -0.1) is 0 Å². The first-order valence-electron chi connectivity index (χ1n) is 11.0. The minimum atomic E-state index is -3.92. The molecular formula is C26H27N3O6S. The van der Waals surface area contributed by atoms with E-state index >= 15 is 0 Å². The Hall–Kier alpha value is -4.05. The van der Waals surface area contributed by atoms with Crippen molar-refractivity contribution in [3.63, 3.8) is 0 Å². The highest BCUT2D eigenvalue weighted by Gasteiger charge is 2.23. The fourth-order valence-electron chi connectivity index (χ4n) is 3.52. The summed E-state index contributed by atoms with van der Waals surface area (Å²) in [5.74, 6) is -0.896. The summed E-state index contributed by atoms with van der Waals surface area (Å²) >= 11 is 0. The van der Waals surface area contributed by atoms with E-state index in [2.05, 4.69) is 26.1 Å². The largest absolute Gasteiger partial charge is 0.324 e. The predicted octanol–water partition coefficient (Wildman–Crippen LogP) is 4.53. The highest BCUT2D eigenvalue weighted by molar-refractivity contribution is 7.92. The summed E-state index contributed by atoms with van der Waals surface area (Å²) in [6.45, 7) is 5.65. The van der Waals surface area contributed by atoms with E-state index in [0.29, 0.717) is 16.8 Å². The first-order chi connectivity index (χ1) is 16.8. The maximum atomic E-state index is 13.0. The number of nitro benzene ring substituents is 1. The van der Waals surface area contributed by atoms with Crippen LogP contribution in [0.1, 0.15) is 42.3 Å². The fourth-order valence-corrected chi connectivity index (χ4v) is 4.37. The van der Waals surface area contributed by atoms with Crippen molar-refractivity contribution >= 4 is 38.8 Å². The normalized spacial score (nSPS) is 11.6. The number of nitrogens with one attached hydrogen (secondary N) is 1. The van der Waals surface area contributed by atoms with Gasteiger partial charge < -0.3 is 5.32 Å². The zero-order valence-electron chi connectivity index (χ0n) is 20.4. The second-order valence-corrected chi connectivity index (χ2v) is 11.2. The molecule has 0 spiro atoms. The molecule has 3 aromatic rings. The molecule has 36 heavy (non-hydrogen) atoms. The Bertz CT molecular complexity index is 1410. The number of carbonyl (C=O) groups is 2. The van der Waals surface area contributed by atoms with Gasteiger partial charge in [0.05, 0.1) is 16.9 Å². The van der Waals surface area contributed by atoms with E-state index in [1.165, 1.54) is 24.3 Å². The van der Waals surface area contributed by atoms with E-state index in [0.717, 1.165) is 22.2 Å². The Kier molecular flexibility index (Phi) is 7.59. The lowest BCUT2D eigenvalue weighted by atomic mass is 9.86. The minimum absolute atomic E-state index is 0.00974. The lowest BCUT2D eigenvalue weighted by Gasteiger charge is -2.21. The number of hydrogen-bond acceptors (Lipinski definition) is 6. The Morgan fingerprint density at radius 3 is 2.17 bits per heavy atom. The minimum Gasteiger partial charge on any atom is -0.324 e. The van der Waals surface area contributed by atoms with Crippen LogP contribution in [0.25, 0.3) is 0 Å². The molecule has 3 rings (SSSR count). The van der Waals surface area contributed by atoms with Crippen molar-refractivity contribution in [2.75, 3.05) is 22.4 Å². The molecule has 188 valence electrons. The predicted molar refractivity (Wildman–Crippen MR) is 139 cm³/mol. The van der Waals surface area contributed by atoms with Gasteiger partial charge >= 0.3 is 0 Å². The molecule has 0 aliphatic heterocycles.